The number of aromatic hydroxyl groups is 2. The lowest BCUT2D eigenvalue weighted by Gasteiger charge is -2.45. The van der Waals surface area contributed by atoms with E-state index >= 15 is 0 Å². The molecule has 2 aliphatic rings. The summed E-state index contributed by atoms with van der Waals surface area (Å²) in [6, 6.07) is 3.47. The molecule has 1 aromatic rings. The first-order valence-electron chi connectivity index (χ1n) is 6.27. The van der Waals surface area contributed by atoms with Crippen molar-refractivity contribution < 1.29 is 19.7 Å². The number of ether oxygens (including phenoxy) is 1. The van der Waals surface area contributed by atoms with Gasteiger partial charge >= 0.3 is 0 Å². The van der Waals surface area contributed by atoms with Gasteiger partial charge in [0.25, 0.3) is 5.91 Å². The molecule has 0 radical (unpaired) electrons. The number of carbonyl (C=O) groups excluding carboxylic acids is 1. The van der Waals surface area contributed by atoms with E-state index in [2.05, 4.69) is 5.32 Å². The second-order valence-electron chi connectivity index (χ2n) is 5.10. The molecular formula is C13H16N2O4. The van der Waals surface area contributed by atoms with Gasteiger partial charge in [0.15, 0.2) is 0 Å². The zero-order chi connectivity index (χ0) is 13.6. The lowest BCUT2D eigenvalue weighted by Crippen LogP contribution is -2.68. The molecule has 1 saturated carbocycles. The van der Waals surface area contributed by atoms with Crippen LogP contribution in [0.1, 0.15) is 16.8 Å². The highest BCUT2D eigenvalue weighted by atomic mass is 16.5. The summed E-state index contributed by atoms with van der Waals surface area (Å²) in [6.45, 7) is 0.683. The van der Waals surface area contributed by atoms with Crippen LogP contribution in [0.5, 0.6) is 11.5 Å². The molecule has 1 saturated heterocycles. The van der Waals surface area contributed by atoms with Gasteiger partial charge in [0, 0.05) is 30.2 Å². The molecule has 0 spiro atoms. The van der Waals surface area contributed by atoms with Crippen molar-refractivity contribution in [3.05, 3.63) is 23.8 Å². The third kappa shape index (κ3) is 2.02. The number of hydrogen-bond donors (Lipinski definition) is 4. The van der Waals surface area contributed by atoms with Gasteiger partial charge in [-0.05, 0) is 18.6 Å². The SMILES string of the molecule is NC1C2CCOC2C1NC(=O)c1cc(O)cc(O)c1. The zero-order valence-corrected chi connectivity index (χ0v) is 10.2. The molecular weight excluding hydrogens is 248 g/mol. The lowest BCUT2D eigenvalue weighted by molar-refractivity contribution is -0.0161. The highest BCUT2D eigenvalue weighted by molar-refractivity contribution is 5.95. The van der Waals surface area contributed by atoms with Gasteiger partial charge in [0.05, 0.1) is 12.1 Å². The molecule has 6 heteroatoms. The van der Waals surface area contributed by atoms with E-state index in [0.717, 1.165) is 6.42 Å². The van der Waals surface area contributed by atoms with Gasteiger partial charge in [0.1, 0.15) is 11.5 Å². The Balaban J connectivity index is 1.71. The minimum absolute atomic E-state index is 0.00939. The van der Waals surface area contributed by atoms with Gasteiger partial charge in [0.2, 0.25) is 0 Å². The van der Waals surface area contributed by atoms with Gasteiger partial charge in [-0.25, -0.2) is 0 Å². The highest BCUT2D eigenvalue weighted by Gasteiger charge is 2.52. The fourth-order valence-corrected chi connectivity index (χ4v) is 2.89. The maximum absolute atomic E-state index is 12.0. The van der Waals surface area contributed by atoms with Crippen LogP contribution in [-0.4, -0.2) is 40.9 Å². The Morgan fingerprint density at radius 3 is 2.68 bits per heavy atom. The monoisotopic (exact) mass is 264 g/mol. The standard InChI is InChI=1S/C13H16N2O4/c14-10-9-1-2-19-12(9)11(10)15-13(18)6-3-7(16)5-8(17)4-6/h3-5,9-12,16-17H,1-2,14H2,(H,15,18). The fraction of sp³-hybridized carbons (Fsp3) is 0.462. The van der Waals surface area contributed by atoms with E-state index in [4.69, 9.17) is 10.5 Å². The molecule has 0 bridgehead atoms. The van der Waals surface area contributed by atoms with Crippen LogP contribution < -0.4 is 11.1 Å². The second kappa shape index (κ2) is 4.40. The van der Waals surface area contributed by atoms with Crippen molar-refractivity contribution in [1.29, 1.82) is 0 Å². The maximum Gasteiger partial charge on any atom is 0.251 e. The number of hydrogen-bond acceptors (Lipinski definition) is 5. The highest BCUT2D eigenvalue weighted by Crippen LogP contribution is 2.37. The summed E-state index contributed by atoms with van der Waals surface area (Å²) in [5, 5.41) is 21.5. The van der Waals surface area contributed by atoms with E-state index in [1.807, 2.05) is 0 Å². The van der Waals surface area contributed by atoms with Gasteiger partial charge in [-0.3, -0.25) is 4.79 Å². The largest absolute Gasteiger partial charge is 0.508 e. The predicted octanol–water partition coefficient (Wildman–Crippen LogP) is -0.0578. The molecule has 3 rings (SSSR count). The van der Waals surface area contributed by atoms with Crippen molar-refractivity contribution in [3.8, 4) is 11.5 Å². The van der Waals surface area contributed by atoms with Crippen LogP contribution in [0.15, 0.2) is 18.2 Å². The molecule has 2 fully saturated rings. The molecule has 102 valence electrons. The third-order valence-corrected chi connectivity index (χ3v) is 3.91. The molecule has 5 N–H and O–H groups in total. The first-order chi connectivity index (χ1) is 9.06. The number of phenolic OH excluding ortho intramolecular Hbond substituents is 2. The number of rotatable bonds is 2. The van der Waals surface area contributed by atoms with Crippen LogP contribution in [0.4, 0.5) is 0 Å². The topological polar surface area (TPSA) is 105 Å². The summed E-state index contributed by atoms with van der Waals surface area (Å²) in [5.41, 5.74) is 6.20. The normalized spacial score (nSPS) is 32.5. The van der Waals surface area contributed by atoms with Crippen molar-refractivity contribution >= 4 is 5.91 Å². The zero-order valence-electron chi connectivity index (χ0n) is 10.2. The molecule has 6 nitrogen and oxygen atoms in total. The van der Waals surface area contributed by atoms with Crippen LogP contribution in [0.2, 0.25) is 0 Å². The second-order valence-corrected chi connectivity index (χ2v) is 5.10. The summed E-state index contributed by atoms with van der Waals surface area (Å²) in [5.74, 6) is -0.361. The molecule has 1 amide bonds. The number of nitrogens with two attached hydrogens (primary N) is 1. The van der Waals surface area contributed by atoms with E-state index < -0.39 is 0 Å². The number of carbonyl (C=O) groups is 1. The Labute approximate surface area is 110 Å². The molecule has 0 aromatic heterocycles. The molecule has 4 unspecified atom stereocenters. The molecule has 1 aliphatic carbocycles. The van der Waals surface area contributed by atoms with Crippen molar-refractivity contribution in [3.63, 3.8) is 0 Å². The smallest absolute Gasteiger partial charge is 0.251 e. The first-order valence-corrected chi connectivity index (χ1v) is 6.27. The van der Waals surface area contributed by atoms with Gasteiger partial charge < -0.3 is 26.0 Å². The van der Waals surface area contributed by atoms with Gasteiger partial charge in [-0.15, -0.1) is 0 Å². The number of benzene rings is 1. The lowest BCUT2D eigenvalue weighted by atomic mass is 9.72. The Morgan fingerprint density at radius 1 is 1.32 bits per heavy atom. The number of amides is 1. The summed E-state index contributed by atoms with van der Waals surface area (Å²) in [7, 11) is 0. The minimum Gasteiger partial charge on any atom is -0.508 e. The van der Waals surface area contributed by atoms with Crippen LogP contribution in [0, 0.1) is 5.92 Å². The quantitative estimate of drug-likeness (QED) is 0.599. The Kier molecular flexibility index (Phi) is 2.83. The van der Waals surface area contributed by atoms with Crippen LogP contribution >= 0.6 is 0 Å². The van der Waals surface area contributed by atoms with E-state index in [9.17, 15) is 15.0 Å². The van der Waals surface area contributed by atoms with E-state index in [0.29, 0.717) is 12.5 Å². The van der Waals surface area contributed by atoms with Crippen molar-refractivity contribution in [1.82, 2.24) is 5.32 Å². The number of fused-ring (bicyclic) bond motifs is 1. The Hall–Kier alpha value is -1.79. The first kappa shape index (κ1) is 12.3. The molecule has 1 aliphatic heterocycles. The van der Waals surface area contributed by atoms with Gasteiger partial charge in [-0.2, -0.15) is 0 Å². The molecule has 4 atom stereocenters. The van der Waals surface area contributed by atoms with Crippen molar-refractivity contribution in [2.45, 2.75) is 24.6 Å². The van der Waals surface area contributed by atoms with Gasteiger partial charge in [-0.1, -0.05) is 0 Å². The molecule has 19 heavy (non-hydrogen) atoms. The number of nitrogens with one attached hydrogen (secondary N) is 1. The average molecular weight is 264 g/mol. The average Bonchev–Trinajstić information content (AvgIpc) is 2.79. The van der Waals surface area contributed by atoms with E-state index in [1.165, 1.54) is 18.2 Å². The van der Waals surface area contributed by atoms with Crippen LogP contribution in [0.25, 0.3) is 0 Å². The Morgan fingerprint density at radius 2 is 2.00 bits per heavy atom. The third-order valence-electron chi connectivity index (χ3n) is 3.91. The van der Waals surface area contributed by atoms with Crippen molar-refractivity contribution in [2.24, 2.45) is 11.7 Å². The molecule has 1 aromatic carbocycles. The summed E-state index contributed by atoms with van der Waals surface area (Å²) in [6.07, 6.45) is 0.926. The van der Waals surface area contributed by atoms with E-state index in [-0.39, 0.29) is 41.2 Å². The number of phenols is 2. The van der Waals surface area contributed by atoms with Crippen molar-refractivity contribution in [2.75, 3.05) is 6.61 Å². The summed E-state index contributed by atoms with van der Waals surface area (Å²) < 4.78 is 5.53. The fourth-order valence-electron chi connectivity index (χ4n) is 2.89. The summed E-state index contributed by atoms with van der Waals surface area (Å²) >= 11 is 0. The van der Waals surface area contributed by atoms with E-state index in [1.54, 1.807) is 0 Å². The Bertz CT molecular complexity index is 499. The maximum atomic E-state index is 12.0. The van der Waals surface area contributed by atoms with Crippen LogP contribution in [-0.2, 0) is 4.74 Å². The minimum atomic E-state index is -0.374. The predicted molar refractivity (Wildman–Crippen MR) is 66.8 cm³/mol. The van der Waals surface area contributed by atoms with Crippen LogP contribution in [0.3, 0.4) is 0 Å². The summed E-state index contributed by atoms with van der Waals surface area (Å²) in [4.78, 5) is 12.0. The molecule has 1 heterocycles.